The molecule has 7 nitrogen and oxygen atoms in total. The van der Waals surface area contributed by atoms with Crippen molar-refractivity contribution in [3.05, 3.63) is 72.8 Å². The van der Waals surface area contributed by atoms with Gasteiger partial charge in [0.05, 0.1) is 0 Å². The van der Waals surface area contributed by atoms with Gasteiger partial charge in [0, 0.05) is 16.8 Å². The van der Waals surface area contributed by atoms with Crippen molar-refractivity contribution in [1.29, 1.82) is 0 Å². The molecule has 0 fully saturated rings. The van der Waals surface area contributed by atoms with Gasteiger partial charge in [-0.15, -0.1) is 0 Å². The molecule has 7 heteroatoms. The Balaban J connectivity index is 1.90. The Bertz CT molecular complexity index is 840. The van der Waals surface area contributed by atoms with Crippen LogP contribution in [-0.2, 0) is 19.3 Å². The Labute approximate surface area is 156 Å². The van der Waals surface area contributed by atoms with E-state index in [1.807, 2.05) is 24.3 Å². The van der Waals surface area contributed by atoms with Gasteiger partial charge in [-0.1, -0.05) is 37.4 Å². The van der Waals surface area contributed by atoms with Gasteiger partial charge in [0.2, 0.25) is 0 Å². The lowest BCUT2D eigenvalue weighted by Gasteiger charge is -2.08. The highest BCUT2D eigenvalue weighted by atomic mass is 17.2. The molecule has 2 aromatic rings. The molecule has 0 aliphatic heterocycles. The smallest absolute Gasteiger partial charge is 0.374 e. The molecule has 0 heterocycles. The zero-order chi connectivity index (χ0) is 19.8. The third-order valence-electron chi connectivity index (χ3n) is 3.25. The van der Waals surface area contributed by atoms with Gasteiger partial charge in [-0.2, -0.15) is 0 Å². The van der Waals surface area contributed by atoms with Crippen LogP contribution in [-0.4, -0.2) is 11.9 Å². The van der Waals surface area contributed by atoms with Crippen molar-refractivity contribution in [3.8, 4) is 22.6 Å². The molecule has 0 radical (unpaired) electrons. The van der Waals surface area contributed by atoms with Gasteiger partial charge in [0.1, 0.15) is 0 Å². The standard InChI is InChI=1S/C20H19NO6/c1-13(2)19(22)25-21-24-17-9-5-15(6-10-17)16-7-11-18(12-8-16)26-27-20(23)14(3)4/h5-12,21H,1,3H2,2,4H3. The summed E-state index contributed by atoms with van der Waals surface area (Å²) < 4.78 is 0. The number of nitrogens with one attached hydrogen (secondary N) is 1. The molecule has 0 aliphatic rings. The van der Waals surface area contributed by atoms with Crippen molar-refractivity contribution in [2.24, 2.45) is 0 Å². The van der Waals surface area contributed by atoms with E-state index in [0.717, 1.165) is 11.1 Å². The first kappa shape index (κ1) is 19.7. The summed E-state index contributed by atoms with van der Waals surface area (Å²) in [7, 11) is 0. The fourth-order valence-corrected chi connectivity index (χ4v) is 1.77. The molecule has 0 saturated carbocycles. The largest absolute Gasteiger partial charge is 0.381 e. The monoisotopic (exact) mass is 369 g/mol. The SMILES string of the molecule is C=C(C)C(=O)ONOc1ccc(-c2ccc(OOC(=O)C(=C)C)cc2)cc1. The fourth-order valence-electron chi connectivity index (χ4n) is 1.77. The molecule has 0 saturated heterocycles. The quantitative estimate of drug-likeness (QED) is 0.432. The van der Waals surface area contributed by atoms with Crippen molar-refractivity contribution >= 4 is 11.9 Å². The molecule has 140 valence electrons. The molecule has 1 N–H and O–H groups in total. The molecule has 0 bridgehead atoms. The predicted octanol–water partition coefficient (Wildman–Crippen LogP) is 3.68. The summed E-state index contributed by atoms with van der Waals surface area (Å²) in [5.41, 5.74) is 4.45. The van der Waals surface area contributed by atoms with Crippen LogP contribution in [0.15, 0.2) is 72.8 Å². The Hall–Kier alpha value is -3.58. The highest BCUT2D eigenvalue weighted by molar-refractivity contribution is 5.87. The van der Waals surface area contributed by atoms with Crippen molar-refractivity contribution < 1.29 is 29.0 Å². The van der Waals surface area contributed by atoms with Crippen molar-refractivity contribution in [2.75, 3.05) is 0 Å². The molecule has 0 unspecified atom stereocenters. The van der Waals surface area contributed by atoms with Crippen LogP contribution in [0.4, 0.5) is 0 Å². The third kappa shape index (κ3) is 6.02. The number of benzene rings is 2. The fraction of sp³-hybridized carbons (Fsp3) is 0.100. The van der Waals surface area contributed by atoms with Gasteiger partial charge in [-0.25, -0.2) is 14.5 Å². The first-order valence-electron chi connectivity index (χ1n) is 7.90. The molecule has 0 aromatic heterocycles. The maximum atomic E-state index is 11.3. The maximum absolute atomic E-state index is 11.3. The highest BCUT2D eigenvalue weighted by Crippen LogP contribution is 2.24. The lowest BCUT2D eigenvalue weighted by Crippen LogP contribution is -2.23. The van der Waals surface area contributed by atoms with Gasteiger partial charge >= 0.3 is 11.9 Å². The van der Waals surface area contributed by atoms with Crippen LogP contribution in [0.1, 0.15) is 13.8 Å². The average Bonchev–Trinajstić information content (AvgIpc) is 2.66. The number of carbonyl (C=O) groups is 2. The van der Waals surface area contributed by atoms with E-state index in [1.54, 1.807) is 24.3 Å². The third-order valence-corrected chi connectivity index (χ3v) is 3.25. The summed E-state index contributed by atoms with van der Waals surface area (Å²) in [5.74, 6) is -0.392. The molecule has 0 amide bonds. The van der Waals surface area contributed by atoms with E-state index >= 15 is 0 Å². The summed E-state index contributed by atoms with van der Waals surface area (Å²) in [6.45, 7) is 9.98. The summed E-state index contributed by atoms with van der Waals surface area (Å²) >= 11 is 0. The minimum absolute atomic E-state index is 0.248. The summed E-state index contributed by atoms with van der Waals surface area (Å²) in [6, 6.07) is 14.0. The number of hydrogen-bond donors (Lipinski definition) is 1. The van der Waals surface area contributed by atoms with Crippen molar-refractivity contribution in [3.63, 3.8) is 0 Å². The van der Waals surface area contributed by atoms with Gasteiger partial charge < -0.3 is 9.68 Å². The van der Waals surface area contributed by atoms with Gasteiger partial charge in [0.25, 0.3) is 0 Å². The molecule has 2 aromatic carbocycles. The van der Waals surface area contributed by atoms with Crippen LogP contribution in [0.5, 0.6) is 11.5 Å². The first-order chi connectivity index (χ1) is 12.9. The van der Waals surface area contributed by atoms with Gasteiger partial charge in [-0.05, 0) is 49.2 Å². The van der Waals surface area contributed by atoms with Crippen LogP contribution in [0.2, 0.25) is 0 Å². The summed E-state index contributed by atoms with van der Waals surface area (Å²) in [5, 5.41) is 0. The van der Waals surface area contributed by atoms with Crippen LogP contribution < -0.4 is 15.4 Å². The maximum Gasteiger partial charge on any atom is 0.381 e. The minimum atomic E-state index is -0.628. The molecule has 27 heavy (non-hydrogen) atoms. The van der Waals surface area contributed by atoms with E-state index in [0.29, 0.717) is 11.5 Å². The van der Waals surface area contributed by atoms with Gasteiger partial charge in [0.15, 0.2) is 11.5 Å². The Morgan fingerprint density at radius 1 is 0.778 bits per heavy atom. The lowest BCUT2D eigenvalue weighted by molar-refractivity contribution is -0.208. The van der Waals surface area contributed by atoms with Crippen LogP contribution in [0.25, 0.3) is 11.1 Å². The van der Waals surface area contributed by atoms with Crippen molar-refractivity contribution in [1.82, 2.24) is 5.64 Å². The van der Waals surface area contributed by atoms with E-state index < -0.39 is 11.9 Å². The highest BCUT2D eigenvalue weighted by Gasteiger charge is 2.07. The van der Waals surface area contributed by atoms with E-state index in [4.69, 9.17) is 9.73 Å². The number of rotatable bonds is 8. The second-order valence-corrected chi connectivity index (χ2v) is 5.64. The molecule has 2 rings (SSSR count). The van der Waals surface area contributed by atoms with Crippen LogP contribution >= 0.6 is 0 Å². The van der Waals surface area contributed by atoms with E-state index in [1.165, 1.54) is 13.8 Å². The summed E-state index contributed by atoms with van der Waals surface area (Å²) in [6.07, 6.45) is 0. The predicted molar refractivity (Wildman–Crippen MR) is 98.1 cm³/mol. The van der Waals surface area contributed by atoms with E-state index in [2.05, 4.69) is 28.5 Å². The zero-order valence-corrected chi connectivity index (χ0v) is 15.0. The molecular formula is C20H19NO6. The molecule has 0 atom stereocenters. The number of carbonyl (C=O) groups excluding carboxylic acids is 2. The van der Waals surface area contributed by atoms with Crippen LogP contribution in [0.3, 0.4) is 0 Å². The summed E-state index contributed by atoms with van der Waals surface area (Å²) in [4.78, 5) is 41.8. The molecule has 0 spiro atoms. The van der Waals surface area contributed by atoms with Crippen molar-refractivity contribution in [2.45, 2.75) is 13.8 Å². The first-order valence-corrected chi connectivity index (χ1v) is 7.90. The second-order valence-electron chi connectivity index (χ2n) is 5.64. The number of hydrogen-bond acceptors (Lipinski definition) is 7. The average molecular weight is 369 g/mol. The minimum Gasteiger partial charge on any atom is -0.374 e. The molecule has 0 aliphatic carbocycles. The van der Waals surface area contributed by atoms with Gasteiger partial charge in [-0.3, -0.25) is 4.89 Å². The Morgan fingerprint density at radius 2 is 1.26 bits per heavy atom. The Kier molecular flexibility index (Phi) is 6.73. The van der Waals surface area contributed by atoms with Crippen LogP contribution in [0, 0.1) is 0 Å². The zero-order valence-electron chi connectivity index (χ0n) is 15.0. The second kappa shape index (κ2) is 9.21. The normalized spacial score (nSPS) is 9.85. The van der Waals surface area contributed by atoms with E-state index in [-0.39, 0.29) is 11.1 Å². The Morgan fingerprint density at radius 3 is 1.74 bits per heavy atom. The van der Waals surface area contributed by atoms with E-state index in [9.17, 15) is 9.59 Å². The topological polar surface area (TPSA) is 83.1 Å². The lowest BCUT2D eigenvalue weighted by atomic mass is 10.1. The molecular weight excluding hydrogens is 350 g/mol.